The number of anilines is 2. The van der Waals surface area contributed by atoms with Crippen molar-refractivity contribution >= 4 is 40.2 Å². The molecule has 0 aliphatic carbocycles. The summed E-state index contributed by atoms with van der Waals surface area (Å²) in [5.41, 5.74) is 6.30. The summed E-state index contributed by atoms with van der Waals surface area (Å²) < 4.78 is 26.5. The molecule has 0 amide bonds. The summed E-state index contributed by atoms with van der Waals surface area (Å²) >= 11 is 10.6. The maximum atomic E-state index is 13.6. The summed E-state index contributed by atoms with van der Waals surface area (Å²) in [5.74, 6) is -1.54. The summed E-state index contributed by atoms with van der Waals surface area (Å²) in [6, 6.07) is 4.88. The Balaban J connectivity index is 2.36. The van der Waals surface area contributed by atoms with Gasteiger partial charge >= 0.3 is 0 Å². The van der Waals surface area contributed by atoms with Gasteiger partial charge in [-0.3, -0.25) is 4.98 Å². The van der Waals surface area contributed by atoms with E-state index in [4.69, 9.17) is 29.6 Å². The van der Waals surface area contributed by atoms with Crippen LogP contribution in [0.2, 0.25) is 5.02 Å². The molecule has 0 saturated carbocycles. The van der Waals surface area contributed by atoms with Gasteiger partial charge in [-0.1, -0.05) is 23.8 Å². The first kappa shape index (κ1) is 13.6. The molecule has 0 fully saturated rings. The van der Waals surface area contributed by atoms with Crippen LogP contribution < -0.4 is 11.1 Å². The Morgan fingerprint density at radius 3 is 2.68 bits per heavy atom. The lowest BCUT2D eigenvalue weighted by Gasteiger charge is -2.10. The third kappa shape index (κ3) is 3.15. The number of nitrogens with two attached hydrogens (primary N) is 1. The molecule has 3 nitrogen and oxygen atoms in total. The normalized spacial score (nSPS) is 10.3. The third-order valence-corrected chi connectivity index (χ3v) is 2.80. The molecule has 0 bridgehead atoms. The summed E-state index contributed by atoms with van der Waals surface area (Å²) in [6.07, 6.45) is 1.46. The number of pyridine rings is 1. The van der Waals surface area contributed by atoms with E-state index in [1.54, 1.807) is 12.1 Å². The van der Waals surface area contributed by atoms with Crippen LogP contribution in [0.3, 0.4) is 0 Å². The third-order valence-electron chi connectivity index (χ3n) is 2.29. The zero-order valence-corrected chi connectivity index (χ0v) is 11.0. The van der Waals surface area contributed by atoms with Crippen LogP contribution in [-0.4, -0.2) is 9.97 Å². The Bertz CT molecular complexity index is 626. The molecule has 0 aliphatic rings. The molecule has 1 aromatic carbocycles. The SMILES string of the molecule is NC(=S)c1cc(Nc2c(F)cc(F)cc2Cl)ccn1. The van der Waals surface area contributed by atoms with Gasteiger partial charge in [0.15, 0.2) is 5.82 Å². The Labute approximate surface area is 118 Å². The fourth-order valence-electron chi connectivity index (χ4n) is 1.45. The first-order valence-corrected chi connectivity index (χ1v) is 5.93. The molecule has 0 saturated heterocycles. The summed E-state index contributed by atoms with van der Waals surface area (Å²) in [4.78, 5) is 4.07. The van der Waals surface area contributed by atoms with E-state index in [0.717, 1.165) is 12.1 Å². The Morgan fingerprint density at radius 2 is 2.05 bits per heavy atom. The Morgan fingerprint density at radius 1 is 1.32 bits per heavy atom. The highest BCUT2D eigenvalue weighted by Gasteiger charge is 2.10. The van der Waals surface area contributed by atoms with Crippen LogP contribution in [0.15, 0.2) is 30.5 Å². The van der Waals surface area contributed by atoms with Gasteiger partial charge in [0.25, 0.3) is 0 Å². The monoisotopic (exact) mass is 299 g/mol. The van der Waals surface area contributed by atoms with Crippen molar-refractivity contribution in [2.24, 2.45) is 5.73 Å². The van der Waals surface area contributed by atoms with E-state index in [1.165, 1.54) is 6.20 Å². The van der Waals surface area contributed by atoms with Gasteiger partial charge in [0.1, 0.15) is 10.8 Å². The molecule has 19 heavy (non-hydrogen) atoms. The van der Waals surface area contributed by atoms with Crippen LogP contribution in [0.25, 0.3) is 0 Å². The van der Waals surface area contributed by atoms with Crippen molar-refractivity contribution in [3.05, 3.63) is 52.8 Å². The lowest BCUT2D eigenvalue weighted by atomic mass is 10.2. The maximum Gasteiger partial charge on any atom is 0.151 e. The van der Waals surface area contributed by atoms with E-state index >= 15 is 0 Å². The minimum atomic E-state index is -0.793. The van der Waals surface area contributed by atoms with E-state index in [1.807, 2.05) is 0 Å². The summed E-state index contributed by atoms with van der Waals surface area (Å²) in [7, 11) is 0. The molecule has 0 atom stereocenters. The van der Waals surface area contributed by atoms with Gasteiger partial charge in [-0.15, -0.1) is 0 Å². The van der Waals surface area contributed by atoms with Crippen LogP contribution in [0.1, 0.15) is 5.69 Å². The molecule has 0 radical (unpaired) electrons. The number of nitrogens with one attached hydrogen (secondary N) is 1. The van der Waals surface area contributed by atoms with Crippen LogP contribution in [0.5, 0.6) is 0 Å². The zero-order valence-electron chi connectivity index (χ0n) is 9.45. The van der Waals surface area contributed by atoms with E-state index in [-0.39, 0.29) is 15.7 Å². The molecule has 0 aliphatic heterocycles. The van der Waals surface area contributed by atoms with Gasteiger partial charge in [0, 0.05) is 18.0 Å². The lowest BCUT2D eigenvalue weighted by molar-refractivity contribution is 0.586. The van der Waals surface area contributed by atoms with Gasteiger partial charge in [-0.2, -0.15) is 0 Å². The van der Waals surface area contributed by atoms with Crippen LogP contribution in [0.4, 0.5) is 20.2 Å². The van der Waals surface area contributed by atoms with Crippen molar-refractivity contribution in [1.29, 1.82) is 0 Å². The molecule has 2 rings (SSSR count). The van der Waals surface area contributed by atoms with Crippen molar-refractivity contribution in [2.75, 3.05) is 5.32 Å². The molecular formula is C12H8ClF2N3S. The van der Waals surface area contributed by atoms with Crippen LogP contribution >= 0.6 is 23.8 Å². The van der Waals surface area contributed by atoms with E-state index in [0.29, 0.717) is 11.4 Å². The molecule has 98 valence electrons. The predicted octanol–water partition coefficient (Wildman–Crippen LogP) is 3.39. The van der Waals surface area contributed by atoms with Gasteiger partial charge in [0.05, 0.1) is 16.4 Å². The number of benzene rings is 1. The average Bonchev–Trinajstić information content (AvgIpc) is 2.34. The quantitative estimate of drug-likeness (QED) is 0.853. The van der Waals surface area contributed by atoms with E-state index < -0.39 is 11.6 Å². The molecule has 2 aromatic rings. The van der Waals surface area contributed by atoms with Gasteiger partial charge in [0.2, 0.25) is 0 Å². The molecule has 0 spiro atoms. The van der Waals surface area contributed by atoms with E-state index in [2.05, 4.69) is 10.3 Å². The number of hydrogen-bond acceptors (Lipinski definition) is 3. The van der Waals surface area contributed by atoms with Crippen LogP contribution in [-0.2, 0) is 0 Å². The first-order chi connectivity index (χ1) is 8.97. The molecular weight excluding hydrogens is 292 g/mol. The van der Waals surface area contributed by atoms with Crippen molar-refractivity contribution in [1.82, 2.24) is 4.98 Å². The lowest BCUT2D eigenvalue weighted by Crippen LogP contribution is -2.11. The van der Waals surface area contributed by atoms with Gasteiger partial charge in [-0.25, -0.2) is 8.78 Å². The number of halogens is 3. The molecule has 3 N–H and O–H groups in total. The van der Waals surface area contributed by atoms with Crippen molar-refractivity contribution in [3.8, 4) is 0 Å². The molecule has 0 unspecified atom stereocenters. The second kappa shape index (κ2) is 5.46. The van der Waals surface area contributed by atoms with Crippen molar-refractivity contribution in [2.45, 2.75) is 0 Å². The van der Waals surface area contributed by atoms with Gasteiger partial charge in [-0.05, 0) is 18.2 Å². The predicted molar refractivity (Wildman–Crippen MR) is 74.8 cm³/mol. The summed E-state index contributed by atoms with van der Waals surface area (Å²) in [5, 5.41) is 2.67. The Hall–Kier alpha value is -1.79. The highest BCUT2D eigenvalue weighted by molar-refractivity contribution is 7.80. The largest absolute Gasteiger partial charge is 0.388 e. The number of aromatic nitrogens is 1. The van der Waals surface area contributed by atoms with Crippen molar-refractivity contribution in [3.63, 3.8) is 0 Å². The summed E-state index contributed by atoms with van der Waals surface area (Å²) in [6.45, 7) is 0. The maximum absolute atomic E-state index is 13.6. The molecule has 1 heterocycles. The zero-order chi connectivity index (χ0) is 14.0. The number of nitrogens with zero attached hydrogens (tertiary/aromatic N) is 1. The van der Waals surface area contributed by atoms with Gasteiger partial charge < -0.3 is 11.1 Å². The first-order valence-electron chi connectivity index (χ1n) is 5.15. The fourth-order valence-corrected chi connectivity index (χ4v) is 1.80. The highest BCUT2D eigenvalue weighted by atomic mass is 35.5. The number of rotatable bonds is 3. The van der Waals surface area contributed by atoms with Crippen molar-refractivity contribution < 1.29 is 8.78 Å². The second-order valence-electron chi connectivity index (χ2n) is 3.66. The number of hydrogen-bond donors (Lipinski definition) is 2. The minimum absolute atomic E-state index is 0.0249. The Kier molecular flexibility index (Phi) is 3.92. The second-order valence-corrected chi connectivity index (χ2v) is 4.51. The number of thiocarbonyl (C=S) groups is 1. The average molecular weight is 300 g/mol. The topological polar surface area (TPSA) is 50.9 Å². The smallest absolute Gasteiger partial charge is 0.151 e. The highest BCUT2D eigenvalue weighted by Crippen LogP contribution is 2.29. The van der Waals surface area contributed by atoms with Crippen LogP contribution in [0, 0.1) is 11.6 Å². The van der Waals surface area contributed by atoms with E-state index in [9.17, 15) is 8.78 Å². The minimum Gasteiger partial charge on any atom is -0.388 e. The molecule has 7 heteroatoms. The molecule has 1 aromatic heterocycles. The standard InChI is InChI=1S/C12H8ClF2N3S/c13-8-3-6(14)4-9(15)11(8)18-7-1-2-17-10(5-7)12(16)19/h1-5H,(H2,16,19)(H,17,18). The fraction of sp³-hybridized carbons (Fsp3) is 0.